The van der Waals surface area contributed by atoms with E-state index in [0.29, 0.717) is 23.2 Å². The molecule has 4 rings (SSSR count). The number of hydrogen-bond acceptors (Lipinski definition) is 6. The molecule has 3 aromatic carbocycles. The van der Waals surface area contributed by atoms with Crippen LogP contribution in [0.5, 0.6) is 17.2 Å². The Bertz CT molecular complexity index is 1240. The van der Waals surface area contributed by atoms with Crippen molar-refractivity contribution < 1.29 is 19.0 Å². The van der Waals surface area contributed by atoms with Gasteiger partial charge in [0, 0.05) is 11.1 Å². The zero-order chi connectivity index (χ0) is 25.5. The number of carbonyl (C=O) groups is 1. The number of aromatic amines is 1. The number of nitrogens with zero attached hydrogens (tertiary/aromatic N) is 1. The predicted octanol–water partition coefficient (Wildman–Crippen LogP) is 6.28. The van der Waals surface area contributed by atoms with Crippen LogP contribution >= 0.6 is 11.8 Å². The number of thioether (sulfide) groups is 1. The van der Waals surface area contributed by atoms with Gasteiger partial charge in [-0.2, -0.15) is 0 Å². The predicted molar refractivity (Wildman–Crippen MR) is 144 cm³/mol. The third kappa shape index (κ3) is 5.83. The highest BCUT2D eigenvalue weighted by Gasteiger charge is 2.21. The summed E-state index contributed by atoms with van der Waals surface area (Å²) in [5.41, 5.74) is 4.20. The molecular formula is C28H29N3O4S. The van der Waals surface area contributed by atoms with Crippen LogP contribution < -0.4 is 19.5 Å². The van der Waals surface area contributed by atoms with Gasteiger partial charge in [0.1, 0.15) is 17.2 Å². The molecule has 0 saturated heterocycles. The molecule has 7 nitrogen and oxygen atoms in total. The van der Waals surface area contributed by atoms with Gasteiger partial charge in [0.15, 0.2) is 5.16 Å². The summed E-state index contributed by atoms with van der Waals surface area (Å²) in [4.78, 5) is 21.3. The fraction of sp³-hybridized carbons (Fsp3) is 0.214. The molecule has 0 bridgehead atoms. The van der Waals surface area contributed by atoms with E-state index < -0.39 is 5.25 Å². The summed E-state index contributed by atoms with van der Waals surface area (Å²) in [5.74, 6) is 2.05. The number of carbonyl (C=O) groups excluding carboxylic acids is 1. The quantitative estimate of drug-likeness (QED) is 0.248. The van der Waals surface area contributed by atoms with Crippen molar-refractivity contribution in [1.82, 2.24) is 9.97 Å². The first-order valence-electron chi connectivity index (χ1n) is 11.6. The maximum Gasteiger partial charge on any atom is 0.237 e. The number of para-hydroxylation sites is 2. The fourth-order valence-corrected chi connectivity index (χ4v) is 4.44. The molecule has 1 unspecified atom stereocenters. The number of ether oxygens (including phenoxy) is 3. The Kier molecular flexibility index (Phi) is 8.17. The van der Waals surface area contributed by atoms with E-state index in [0.717, 1.165) is 34.0 Å². The first-order chi connectivity index (χ1) is 17.5. The minimum absolute atomic E-state index is 0.138. The van der Waals surface area contributed by atoms with E-state index in [-0.39, 0.29) is 5.91 Å². The number of methoxy groups -OCH3 is 2. The molecule has 0 aliphatic rings. The number of H-pyrrole nitrogens is 1. The Balaban J connectivity index is 1.60. The lowest BCUT2D eigenvalue weighted by atomic mass is 10.0. The largest absolute Gasteiger partial charge is 0.497 e. The third-order valence-electron chi connectivity index (χ3n) is 5.53. The van der Waals surface area contributed by atoms with Crippen LogP contribution in [0.15, 0.2) is 78.0 Å². The van der Waals surface area contributed by atoms with Gasteiger partial charge >= 0.3 is 0 Å². The average Bonchev–Trinajstić information content (AvgIpc) is 3.33. The summed E-state index contributed by atoms with van der Waals surface area (Å²) in [6.45, 7) is 4.28. The van der Waals surface area contributed by atoms with Crippen molar-refractivity contribution >= 4 is 23.4 Å². The van der Waals surface area contributed by atoms with Crippen molar-refractivity contribution in [3.05, 3.63) is 72.8 Å². The second-order valence-electron chi connectivity index (χ2n) is 7.90. The Labute approximate surface area is 215 Å². The monoisotopic (exact) mass is 503 g/mol. The molecule has 0 fully saturated rings. The van der Waals surface area contributed by atoms with Crippen molar-refractivity contribution in [3.8, 4) is 39.8 Å². The van der Waals surface area contributed by atoms with Crippen LogP contribution in [0.2, 0.25) is 0 Å². The Morgan fingerprint density at radius 2 is 1.56 bits per heavy atom. The molecule has 2 N–H and O–H groups in total. The second-order valence-corrected chi connectivity index (χ2v) is 9.23. The molecule has 4 aromatic rings. The van der Waals surface area contributed by atoms with Crippen LogP contribution in [0.4, 0.5) is 5.69 Å². The van der Waals surface area contributed by atoms with Crippen LogP contribution in [-0.2, 0) is 4.79 Å². The van der Waals surface area contributed by atoms with E-state index in [4.69, 9.17) is 19.2 Å². The van der Waals surface area contributed by atoms with Crippen molar-refractivity contribution in [3.63, 3.8) is 0 Å². The number of hydrogen-bond donors (Lipinski definition) is 2. The van der Waals surface area contributed by atoms with Gasteiger partial charge in [0.2, 0.25) is 5.91 Å². The van der Waals surface area contributed by atoms with Gasteiger partial charge in [-0.25, -0.2) is 4.98 Å². The van der Waals surface area contributed by atoms with E-state index in [1.807, 2.05) is 86.6 Å². The molecule has 0 aliphatic carbocycles. The number of benzene rings is 3. The Morgan fingerprint density at radius 1 is 0.944 bits per heavy atom. The smallest absolute Gasteiger partial charge is 0.237 e. The maximum absolute atomic E-state index is 13.0. The van der Waals surface area contributed by atoms with Crippen LogP contribution in [0.25, 0.3) is 22.5 Å². The zero-order valence-electron chi connectivity index (χ0n) is 20.7. The van der Waals surface area contributed by atoms with Gasteiger partial charge in [0.05, 0.1) is 43.2 Å². The van der Waals surface area contributed by atoms with Gasteiger partial charge in [-0.1, -0.05) is 23.9 Å². The summed E-state index contributed by atoms with van der Waals surface area (Å²) in [7, 11) is 3.28. The third-order valence-corrected chi connectivity index (χ3v) is 6.51. The molecule has 0 aliphatic heterocycles. The highest BCUT2D eigenvalue weighted by Crippen LogP contribution is 2.35. The van der Waals surface area contributed by atoms with Gasteiger partial charge in [0.25, 0.3) is 0 Å². The van der Waals surface area contributed by atoms with Gasteiger partial charge in [-0.05, 0) is 74.5 Å². The highest BCUT2D eigenvalue weighted by molar-refractivity contribution is 8.00. The van der Waals surface area contributed by atoms with Crippen molar-refractivity contribution in [2.75, 3.05) is 26.1 Å². The van der Waals surface area contributed by atoms with Crippen LogP contribution in [0.3, 0.4) is 0 Å². The number of nitrogens with one attached hydrogen (secondary N) is 2. The summed E-state index contributed by atoms with van der Waals surface area (Å²) in [6, 6.07) is 22.9. The SMILES string of the molecule is CCOc1ccccc1NC(=O)C(C)Sc1nc(-c2ccc(OC)cc2)c(-c2ccc(OC)cc2)[nH]1. The fourth-order valence-electron chi connectivity index (χ4n) is 3.64. The van der Waals surface area contributed by atoms with E-state index in [1.165, 1.54) is 11.8 Å². The van der Waals surface area contributed by atoms with Crippen molar-refractivity contribution in [1.29, 1.82) is 0 Å². The average molecular weight is 504 g/mol. The summed E-state index contributed by atoms with van der Waals surface area (Å²) in [6.07, 6.45) is 0. The molecule has 0 spiro atoms. The first-order valence-corrected chi connectivity index (χ1v) is 12.5. The molecule has 0 radical (unpaired) electrons. The minimum atomic E-state index is -0.404. The van der Waals surface area contributed by atoms with Crippen LogP contribution in [0, 0.1) is 0 Å². The summed E-state index contributed by atoms with van der Waals surface area (Å²) in [5, 5.41) is 3.21. The number of amides is 1. The number of anilines is 1. The number of rotatable bonds is 10. The molecule has 1 atom stereocenters. The molecule has 1 heterocycles. The van der Waals surface area contributed by atoms with E-state index in [9.17, 15) is 4.79 Å². The number of aromatic nitrogens is 2. The normalized spacial score (nSPS) is 11.6. The van der Waals surface area contributed by atoms with Crippen molar-refractivity contribution in [2.24, 2.45) is 0 Å². The number of imidazole rings is 1. The molecule has 1 amide bonds. The molecule has 36 heavy (non-hydrogen) atoms. The maximum atomic E-state index is 13.0. The van der Waals surface area contributed by atoms with Gasteiger partial charge in [-0.3, -0.25) is 4.79 Å². The Morgan fingerprint density at radius 3 is 2.17 bits per heavy atom. The van der Waals surface area contributed by atoms with Crippen LogP contribution in [0.1, 0.15) is 13.8 Å². The second kappa shape index (κ2) is 11.7. The lowest BCUT2D eigenvalue weighted by Gasteiger charge is -2.14. The highest BCUT2D eigenvalue weighted by atomic mass is 32.2. The first kappa shape index (κ1) is 25.2. The molecule has 186 valence electrons. The van der Waals surface area contributed by atoms with E-state index in [2.05, 4.69) is 10.3 Å². The van der Waals surface area contributed by atoms with Gasteiger partial charge < -0.3 is 24.5 Å². The van der Waals surface area contributed by atoms with Gasteiger partial charge in [-0.15, -0.1) is 0 Å². The summed E-state index contributed by atoms with van der Waals surface area (Å²) >= 11 is 1.36. The van der Waals surface area contributed by atoms with E-state index in [1.54, 1.807) is 14.2 Å². The standard InChI is InChI=1S/C28H29N3O4S/c1-5-35-24-9-7-6-8-23(24)29-27(32)18(2)36-28-30-25(19-10-14-21(33-3)15-11-19)26(31-28)20-12-16-22(34-4)17-13-20/h6-18H,5H2,1-4H3,(H,29,32)(H,30,31). The zero-order valence-corrected chi connectivity index (χ0v) is 21.5. The van der Waals surface area contributed by atoms with Crippen molar-refractivity contribution in [2.45, 2.75) is 24.3 Å². The Hall–Kier alpha value is -3.91. The lowest BCUT2D eigenvalue weighted by molar-refractivity contribution is -0.115. The molecular weight excluding hydrogens is 474 g/mol. The molecule has 8 heteroatoms. The molecule has 0 saturated carbocycles. The lowest BCUT2D eigenvalue weighted by Crippen LogP contribution is -2.22. The van der Waals surface area contributed by atoms with E-state index >= 15 is 0 Å². The minimum Gasteiger partial charge on any atom is -0.497 e. The van der Waals surface area contributed by atoms with Crippen LogP contribution in [-0.4, -0.2) is 42.0 Å². The topological polar surface area (TPSA) is 85.5 Å². The summed E-state index contributed by atoms with van der Waals surface area (Å²) < 4.78 is 16.2. The molecule has 1 aromatic heterocycles.